The Hall–Kier alpha value is -0.950. The average Bonchev–Trinajstić information content (AvgIpc) is 3.25. The Labute approximate surface area is 127 Å². The van der Waals surface area contributed by atoms with Crippen LogP contribution in [0.2, 0.25) is 0 Å². The Bertz CT molecular complexity index is 610. The molecule has 1 fully saturated rings. The van der Waals surface area contributed by atoms with Gasteiger partial charge in [-0.15, -0.1) is 0 Å². The molecule has 118 valence electrons. The van der Waals surface area contributed by atoms with Gasteiger partial charge < -0.3 is 10.6 Å². The molecule has 0 bridgehead atoms. The van der Waals surface area contributed by atoms with Crippen molar-refractivity contribution in [3.05, 3.63) is 28.8 Å². The minimum absolute atomic E-state index is 0.341. The van der Waals surface area contributed by atoms with E-state index >= 15 is 0 Å². The van der Waals surface area contributed by atoms with Crippen LogP contribution in [0.1, 0.15) is 29.5 Å². The number of nitrogens with one attached hydrogen (secondary N) is 1. The van der Waals surface area contributed by atoms with Crippen LogP contribution in [0, 0.1) is 13.8 Å². The maximum absolute atomic E-state index is 12.5. The quantitative estimate of drug-likeness (QED) is 0.792. The molecule has 21 heavy (non-hydrogen) atoms. The molecular weight excluding hydrogens is 286 g/mol. The monoisotopic (exact) mass is 311 g/mol. The second-order valence-corrected chi connectivity index (χ2v) is 7.58. The Morgan fingerprint density at radius 1 is 1.33 bits per heavy atom. The maximum Gasteiger partial charge on any atom is 0.240 e. The van der Waals surface area contributed by atoms with Crippen LogP contribution in [0.5, 0.6) is 0 Å². The standard InChI is InChI=1S/C15H25N3O2S/c1-11-8-13(10-16)9-15(12(11)2)21(19,20)17-6-7-18(3)14-4-5-14/h8-9,14,17H,4-7,10,16H2,1-3H3. The van der Waals surface area contributed by atoms with Crippen molar-refractivity contribution in [1.29, 1.82) is 0 Å². The first kappa shape index (κ1) is 16.4. The van der Waals surface area contributed by atoms with E-state index in [-0.39, 0.29) is 0 Å². The highest BCUT2D eigenvalue weighted by atomic mass is 32.2. The molecule has 5 nitrogen and oxygen atoms in total. The number of nitrogens with two attached hydrogens (primary N) is 1. The number of hydrogen-bond donors (Lipinski definition) is 2. The molecule has 0 aromatic heterocycles. The van der Waals surface area contributed by atoms with Gasteiger partial charge in [-0.05, 0) is 56.5 Å². The second-order valence-electron chi connectivity index (χ2n) is 5.85. The number of aryl methyl sites for hydroxylation is 1. The lowest BCUT2D eigenvalue weighted by molar-refractivity contribution is 0.329. The highest BCUT2D eigenvalue weighted by molar-refractivity contribution is 7.89. The van der Waals surface area contributed by atoms with Gasteiger partial charge in [-0.3, -0.25) is 0 Å². The minimum Gasteiger partial charge on any atom is -0.326 e. The highest BCUT2D eigenvalue weighted by Gasteiger charge is 2.26. The summed E-state index contributed by atoms with van der Waals surface area (Å²) in [4.78, 5) is 2.55. The molecule has 1 aromatic carbocycles. The van der Waals surface area contributed by atoms with Gasteiger partial charge in [0.1, 0.15) is 0 Å². The Morgan fingerprint density at radius 3 is 2.57 bits per heavy atom. The average molecular weight is 311 g/mol. The van der Waals surface area contributed by atoms with Crippen molar-refractivity contribution < 1.29 is 8.42 Å². The van der Waals surface area contributed by atoms with Gasteiger partial charge in [-0.1, -0.05) is 6.07 Å². The molecule has 0 atom stereocenters. The normalized spacial score (nSPS) is 15.7. The van der Waals surface area contributed by atoms with Crippen LogP contribution in [0.3, 0.4) is 0 Å². The van der Waals surface area contributed by atoms with E-state index in [2.05, 4.69) is 9.62 Å². The van der Waals surface area contributed by atoms with Crippen LogP contribution < -0.4 is 10.5 Å². The number of benzene rings is 1. The molecule has 0 spiro atoms. The van der Waals surface area contributed by atoms with Crippen LogP contribution in [-0.2, 0) is 16.6 Å². The molecule has 1 saturated carbocycles. The zero-order valence-corrected chi connectivity index (χ0v) is 13.8. The maximum atomic E-state index is 12.5. The second kappa shape index (κ2) is 6.44. The van der Waals surface area contributed by atoms with Crippen molar-refractivity contribution in [2.75, 3.05) is 20.1 Å². The number of likely N-dealkylation sites (N-methyl/N-ethyl adjacent to an activating group) is 1. The predicted octanol–water partition coefficient (Wildman–Crippen LogP) is 1.13. The lowest BCUT2D eigenvalue weighted by atomic mass is 10.1. The zero-order chi connectivity index (χ0) is 15.6. The smallest absolute Gasteiger partial charge is 0.240 e. The van der Waals surface area contributed by atoms with Crippen LogP contribution in [0.25, 0.3) is 0 Å². The summed E-state index contributed by atoms with van der Waals surface area (Å²) in [7, 11) is -1.44. The third-order valence-corrected chi connectivity index (χ3v) is 5.72. The van der Waals surface area contributed by atoms with Gasteiger partial charge in [-0.2, -0.15) is 0 Å². The molecular formula is C15H25N3O2S. The van der Waals surface area contributed by atoms with E-state index in [4.69, 9.17) is 5.73 Å². The topological polar surface area (TPSA) is 75.4 Å². The van der Waals surface area contributed by atoms with Crippen molar-refractivity contribution in [3.63, 3.8) is 0 Å². The van der Waals surface area contributed by atoms with E-state index in [0.29, 0.717) is 24.0 Å². The third kappa shape index (κ3) is 4.03. The summed E-state index contributed by atoms with van der Waals surface area (Å²) >= 11 is 0. The van der Waals surface area contributed by atoms with E-state index in [0.717, 1.165) is 23.2 Å². The first-order chi connectivity index (χ1) is 9.85. The molecule has 0 heterocycles. The van der Waals surface area contributed by atoms with Gasteiger partial charge in [-0.25, -0.2) is 13.1 Å². The Morgan fingerprint density at radius 2 is 2.00 bits per heavy atom. The molecule has 0 radical (unpaired) electrons. The summed E-state index contributed by atoms with van der Waals surface area (Å²) in [6.45, 7) is 5.25. The van der Waals surface area contributed by atoms with Gasteiger partial charge in [0.2, 0.25) is 10.0 Å². The molecule has 6 heteroatoms. The summed E-state index contributed by atoms with van der Waals surface area (Å²) < 4.78 is 27.6. The number of rotatable bonds is 7. The fourth-order valence-electron chi connectivity index (χ4n) is 2.43. The summed E-state index contributed by atoms with van der Waals surface area (Å²) in [5, 5.41) is 0. The summed E-state index contributed by atoms with van der Waals surface area (Å²) in [5.41, 5.74) is 8.22. The molecule has 0 amide bonds. The first-order valence-electron chi connectivity index (χ1n) is 7.35. The zero-order valence-electron chi connectivity index (χ0n) is 13.0. The highest BCUT2D eigenvalue weighted by Crippen LogP contribution is 2.25. The van der Waals surface area contributed by atoms with Crippen molar-refractivity contribution in [2.24, 2.45) is 5.73 Å². The van der Waals surface area contributed by atoms with E-state index in [1.807, 2.05) is 27.0 Å². The minimum atomic E-state index is -3.48. The Balaban J connectivity index is 2.09. The molecule has 0 saturated heterocycles. The lowest BCUT2D eigenvalue weighted by Gasteiger charge is -2.17. The lowest BCUT2D eigenvalue weighted by Crippen LogP contribution is -2.34. The Kier molecular flexibility index (Phi) is 5.03. The molecule has 0 unspecified atom stereocenters. The van der Waals surface area contributed by atoms with Crippen molar-refractivity contribution in [3.8, 4) is 0 Å². The summed E-state index contributed by atoms with van der Waals surface area (Å²) in [5.74, 6) is 0. The van der Waals surface area contributed by atoms with E-state index in [1.165, 1.54) is 12.8 Å². The largest absolute Gasteiger partial charge is 0.326 e. The molecule has 2 rings (SSSR count). The van der Waals surface area contributed by atoms with Gasteiger partial charge in [0, 0.05) is 25.7 Å². The SMILES string of the molecule is Cc1cc(CN)cc(S(=O)(=O)NCCN(C)C2CC2)c1C. The van der Waals surface area contributed by atoms with Crippen molar-refractivity contribution >= 4 is 10.0 Å². The fraction of sp³-hybridized carbons (Fsp3) is 0.600. The number of nitrogens with zero attached hydrogens (tertiary/aromatic N) is 1. The molecule has 3 N–H and O–H groups in total. The van der Waals surface area contributed by atoms with Gasteiger partial charge in [0.25, 0.3) is 0 Å². The van der Waals surface area contributed by atoms with Crippen LogP contribution in [0.15, 0.2) is 17.0 Å². The summed E-state index contributed by atoms with van der Waals surface area (Å²) in [6.07, 6.45) is 2.44. The molecule has 1 aliphatic rings. The number of sulfonamides is 1. The third-order valence-electron chi connectivity index (χ3n) is 4.13. The van der Waals surface area contributed by atoms with E-state index in [9.17, 15) is 8.42 Å². The first-order valence-corrected chi connectivity index (χ1v) is 8.83. The fourth-order valence-corrected chi connectivity index (χ4v) is 3.81. The van der Waals surface area contributed by atoms with Crippen molar-refractivity contribution in [1.82, 2.24) is 9.62 Å². The van der Waals surface area contributed by atoms with Crippen molar-refractivity contribution in [2.45, 2.75) is 44.2 Å². The van der Waals surface area contributed by atoms with Crippen LogP contribution in [-0.4, -0.2) is 39.5 Å². The van der Waals surface area contributed by atoms with Gasteiger partial charge in [0.05, 0.1) is 4.90 Å². The molecule has 1 aromatic rings. The summed E-state index contributed by atoms with van der Waals surface area (Å²) in [6, 6.07) is 4.25. The van der Waals surface area contributed by atoms with Crippen LogP contribution >= 0.6 is 0 Å². The molecule has 0 aliphatic heterocycles. The van der Waals surface area contributed by atoms with Gasteiger partial charge in [0.15, 0.2) is 0 Å². The number of hydrogen-bond acceptors (Lipinski definition) is 4. The van der Waals surface area contributed by atoms with Gasteiger partial charge >= 0.3 is 0 Å². The molecule has 1 aliphatic carbocycles. The predicted molar refractivity (Wildman–Crippen MR) is 84.6 cm³/mol. The van der Waals surface area contributed by atoms with E-state index < -0.39 is 10.0 Å². The van der Waals surface area contributed by atoms with E-state index in [1.54, 1.807) is 6.07 Å². The van der Waals surface area contributed by atoms with Crippen LogP contribution in [0.4, 0.5) is 0 Å².